The third-order valence-corrected chi connectivity index (χ3v) is 3.95. The van der Waals surface area contributed by atoms with Gasteiger partial charge in [-0.05, 0) is 0 Å². The smallest absolute Gasteiger partial charge is 0.321 e. The molecule has 0 saturated carbocycles. The van der Waals surface area contributed by atoms with Crippen LogP contribution in [0.3, 0.4) is 0 Å². The Labute approximate surface area is 107 Å². The predicted molar refractivity (Wildman–Crippen MR) is 65.5 cm³/mol. The van der Waals surface area contributed by atoms with Crippen molar-refractivity contribution in [2.45, 2.75) is 25.1 Å². The topological polar surface area (TPSA) is 78.1 Å². The Morgan fingerprint density at radius 1 is 1.61 bits per heavy atom. The number of hydrogen-bond donors (Lipinski definition) is 2. The summed E-state index contributed by atoms with van der Waals surface area (Å²) < 4.78 is 1.92. The van der Waals surface area contributed by atoms with Crippen molar-refractivity contribution in [1.29, 1.82) is 0 Å². The summed E-state index contributed by atoms with van der Waals surface area (Å²) in [6.45, 7) is 0.852. The fourth-order valence-electron chi connectivity index (χ4n) is 2.37. The van der Waals surface area contributed by atoms with Crippen LogP contribution in [0.2, 0.25) is 0 Å². The fraction of sp³-hybridized carbons (Fsp3) is 0.455. The summed E-state index contributed by atoms with van der Waals surface area (Å²) in [6, 6.07) is -0.611. The van der Waals surface area contributed by atoms with E-state index in [1.165, 1.54) is 0 Å². The molecule has 2 atom stereocenters. The molecule has 2 aromatic heterocycles. The minimum Gasteiger partial charge on any atom is -0.480 e. The molecule has 7 heteroatoms. The van der Waals surface area contributed by atoms with Gasteiger partial charge in [-0.2, -0.15) is 0 Å². The Morgan fingerprint density at radius 2 is 2.44 bits per heavy atom. The standard InChI is InChI=1S/C11H13N3O3S/c15-8-3-9(10(16)17)14(6-8)5-7-4-13-1-2-18-11(13)12-7/h1-2,4,8-9,15H,3,5-6H2,(H,16,17). The van der Waals surface area contributed by atoms with Crippen molar-refractivity contribution in [2.24, 2.45) is 0 Å². The van der Waals surface area contributed by atoms with E-state index in [4.69, 9.17) is 5.11 Å². The molecule has 1 saturated heterocycles. The van der Waals surface area contributed by atoms with Gasteiger partial charge in [-0.3, -0.25) is 14.1 Å². The molecule has 2 aromatic rings. The number of aliphatic hydroxyl groups is 1. The van der Waals surface area contributed by atoms with Crippen molar-refractivity contribution in [1.82, 2.24) is 14.3 Å². The Hall–Kier alpha value is -1.44. The van der Waals surface area contributed by atoms with Crippen molar-refractivity contribution >= 4 is 22.3 Å². The summed E-state index contributed by atoms with van der Waals surface area (Å²) in [5.41, 5.74) is 0.835. The van der Waals surface area contributed by atoms with Crippen molar-refractivity contribution < 1.29 is 15.0 Å². The highest BCUT2D eigenvalue weighted by Crippen LogP contribution is 2.21. The summed E-state index contributed by atoms with van der Waals surface area (Å²) in [6.07, 6.45) is 3.55. The molecule has 1 aliphatic heterocycles. The quantitative estimate of drug-likeness (QED) is 0.842. The van der Waals surface area contributed by atoms with Crippen LogP contribution in [0.15, 0.2) is 17.8 Å². The van der Waals surface area contributed by atoms with E-state index in [1.54, 1.807) is 16.2 Å². The predicted octanol–water partition coefficient (Wildman–Crippen LogP) is 0.416. The average molecular weight is 267 g/mol. The van der Waals surface area contributed by atoms with Gasteiger partial charge in [0.1, 0.15) is 6.04 Å². The zero-order valence-corrected chi connectivity index (χ0v) is 10.4. The number of carboxylic acids is 1. The fourth-order valence-corrected chi connectivity index (χ4v) is 3.09. The highest BCUT2D eigenvalue weighted by molar-refractivity contribution is 7.15. The van der Waals surface area contributed by atoms with Gasteiger partial charge in [0, 0.05) is 37.3 Å². The summed E-state index contributed by atoms with van der Waals surface area (Å²) >= 11 is 1.54. The van der Waals surface area contributed by atoms with Crippen LogP contribution in [0.5, 0.6) is 0 Å². The third kappa shape index (κ3) is 2.00. The lowest BCUT2D eigenvalue weighted by atomic mass is 10.2. The molecule has 6 nitrogen and oxygen atoms in total. The first-order valence-electron chi connectivity index (χ1n) is 5.69. The molecule has 0 bridgehead atoms. The molecule has 2 unspecified atom stereocenters. The molecule has 0 radical (unpaired) electrons. The Morgan fingerprint density at radius 3 is 3.17 bits per heavy atom. The zero-order chi connectivity index (χ0) is 12.7. The van der Waals surface area contributed by atoms with Gasteiger partial charge >= 0.3 is 5.97 Å². The number of imidazole rings is 1. The Kier molecular flexibility index (Phi) is 2.81. The number of aromatic nitrogens is 2. The maximum atomic E-state index is 11.1. The number of aliphatic hydroxyl groups excluding tert-OH is 1. The molecule has 96 valence electrons. The SMILES string of the molecule is O=C(O)C1CC(O)CN1Cc1cn2ccsc2n1. The molecule has 0 spiro atoms. The van der Waals surface area contributed by atoms with Crippen LogP contribution in [0, 0.1) is 0 Å². The summed E-state index contributed by atoms with van der Waals surface area (Å²) in [5.74, 6) is -0.882. The number of aliphatic carboxylic acids is 1. The lowest BCUT2D eigenvalue weighted by molar-refractivity contribution is -0.142. The molecule has 2 N–H and O–H groups in total. The highest BCUT2D eigenvalue weighted by Gasteiger charge is 2.36. The normalized spacial score (nSPS) is 24.9. The van der Waals surface area contributed by atoms with E-state index in [2.05, 4.69) is 4.98 Å². The number of thiazole rings is 1. The van der Waals surface area contributed by atoms with Gasteiger partial charge in [-0.1, -0.05) is 0 Å². The highest BCUT2D eigenvalue weighted by atomic mass is 32.1. The van der Waals surface area contributed by atoms with E-state index in [1.807, 2.05) is 22.2 Å². The van der Waals surface area contributed by atoms with Crippen molar-refractivity contribution in [2.75, 3.05) is 6.54 Å². The summed E-state index contributed by atoms with van der Waals surface area (Å²) in [5, 5.41) is 20.6. The van der Waals surface area contributed by atoms with Gasteiger partial charge in [0.2, 0.25) is 0 Å². The van der Waals surface area contributed by atoms with Crippen molar-refractivity contribution in [3.05, 3.63) is 23.5 Å². The molecule has 18 heavy (non-hydrogen) atoms. The van der Waals surface area contributed by atoms with Crippen LogP contribution in [-0.4, -0.2) is 49.2 Å². The van der Waals surface area contributed by atoms with E-state index in [0.717, 1.165) is 10.7 Å². The maximum absolute atomic E-state index is 11.1. The van der Waals surface area contributed by atoms with Crippen LogP contribution in [0.1, 0.15) is 12.1 Å². The molecule has 1 aliphatic rings. The van der Waals surface area contributed by atoms with E-state index in [9.17, 15) is 9.90 Å². The first-order chi connectivity index (χ1) is 8.63. The van der Waals surface area contributed by atoms with Gasteiger partial charge in [-0.15, -0.1) is 11.3 Å². The lowest BCUT2D eigenvalue weighted by Crippen LogP contribution is -2.35. The minimum atomic E-state index is -0.882. The Bertz CT molecular complexity index is 550. The first kappa shape index (κ1) is 11.6. The average Bonchev–Trinajstić information content (AvgIpc) is 2.92. The Balaban J connectivity index is 1.79. The molecule has 3 heterocycles. The second-order valence-electron chi connectivity index (χ2n) is 4.50. The van der Waals surface area contributed by atoms with E-state index < -0.39 is 18.1 Å². The number of hydrogen-bond acceptors (Lipinski definition) is 5. The number of fused-ring (bicyclic) bond motifs is 1. The number of rotatable bonds is 3. The molecule has 0 amide bonds. The van der Waals surface area contributed by atoms with Crippen LogP contribution >= 0.6 is 11.3 Å². The largest absolute Gasteiger partial charge is 0.480 e. The first-order valence-corrected chi connectivity index (χ1v) is 6.57. The summed E-state index contributed by atoms with van der Waals surface area (Å²) in [4.78, 5) is 18.2. The molecule has 0 aromatic carbocycles. The van der Waals surface area contributed by atoms with Crippen LogP contribution in [0.4, 0.5) is 0 Å². The van der Waals surface area contributed by atoms with E-state index in [0.29, 0.717) is 13.1 Å². The number of nitrogens with zero attached hydrogens (tertiary/aromatic N) is 3. The van der Waals surface area contributed by atoms with Gasteiger partial charge in [0.25, 0.3) is 0 Å². The number of likely N-dealkylation sites (tertiary alicyclic amines) is 1. The van der Waals surface area contributed by atoms with Gasteiger partial charge in [-0.25, -0.2) is 4.98 Å². The van der Waals surface area contributed by atoms with Crippen LogP contribution in [-0.2, 0) is 11.3 Å². The van der Waals surface area contributed by atoms with Gasteiger partial charge in [0.15, 0.2) is 4.96 Å². The van der Waals surface area contributed by atoms with E-state index >= 15 is 0 Å². The van der Waals surface area contributed by atoms with Crippen LogP contribution in [0.25, 0.3) is 4.96 Å². The molecule has 1 fully saturated rings. The van der Waals surface area contributed by atoms with Gasteiger partial charge in [0.05, 0.1) is 11.8 Å². The second-order valence-corrected chi connectivity index (χ2v) is 5.37. The van der Waals surface area contributed by atoms with E-state index in [-0.39, 0.29) is 6.42 Å². The minimum absolute atomic E-state index is 0.289. The van der Waals surface area contributed by atoms with Gasteiger partial charge < -0.3 is 10.2 Å². The van der Waals surface area contributed by atoms with Crippen molar-refractivity contribution in [3.63, 3.8) is 0 Å². The molecular formula is C11H13N3O3S. The molecular weight excluding hydrogens is 254 g/mol. The maximum Gasteiger partial charge on any atom is 0.321 e. The second kappa shape index (κ2) is 4.34. The van der Waals surface area contributed by atoms with Crippen LogP contribution < -0.4 is 0 Å². The molecule has 0 aliphatic carbocycles. The number of carboxylic acid groups (broad SMARTS) is 1. The summed E-state index contributed by atoms with van der Waals surface area (Å²) in [7, 11) is 0. The number of β-amino-alcohol motifs (C(OH)–C–C–N with tert-alkyl or cyclic N) is 1. The number of carbonyl (C=O) groups is 1. The monoisotopic (exact) mass is 267 g/mol. The third-order valence-electron chi connectivity index (χ3n) is 3.17. The molecule has 3 rings (SSSR count). The zero-order valence-electron chi connectivity index (χ0n) is 9.56. The lowest BCUT2D eigenvalue weighted by Gasteiger charge is -2.19. The van der Waals surface area contributed by atoms with Crippen molar-refractivity contribution in [3.8, 4) is 0 Å².